The van der Waals surface area contributed by atoms with Gasteiger partial charge in [-0.3, -0.25) is 4.79 Å². The first kappa shape index (κ1) is 18.1. The zero-order chi connectivity index (χ0) is 11.9. The van der Waals surface area contributed by atoms with E-state index in [0.29, 0.717) is 6.54 Å². The summed E-state index contributed by atoms with van der Waals surface area (Å²) in [4.78, 5) is 11.4. The van der Waals surface area contributed by atoms with Crippen LogP contribution in [-0.4, -0.2) is 30.6 Å². The Kier molecular flexibility index (Phi) is 9.92. The van der Waals surface area contributed by atoms with E-state index in [4.69, 9.17) is 5.73 Å². The normalized spacial score (nSPS) is 12.8. The van der Waals surface area contributed by atoms with Crippen LogP contribution in [0, 0.1) is 0 Å². The van der Waals surface area contributed by atoms with E-state index in [2.05, 4.69) is 31.4 Å². The van der Waals surface area contributed by atoms with Crippen LogP contribution in [0.3, 0.4) is 0 Å². The number of hydrogen-bond donors (Lipinski definition) is 3. The van der Waals surface area contributed by atoms with Crippen molar-refractivity contribution >= 4 is 18.3 Å². The summed E-state index contributed by atoms with van der Waals surface area (Å²) in [6.45, 7) is 9.71. The third kappa shape index (κ3) is 10.2. The van der Waals surface area contributed by atoms with Gasteiger partial charge in [0.05, 0.1) is 6.04 Å². The Balaban J connectivity index is 0. The van der Waals surface area contributed by atoms with Gasteiger partial charge in [-0.05, 0) is 27.2 Å². The van der Waals surface area contributed by atoms with Crippen LogP contribution in [0.1, 0.15) is 40.5 Å². The summed E-state index contributed by atoms with van der Waals surface area (Å²) < 4.78 is 0. The molecule has 4 nitrogen and oxygen atoms in total. The lowest BCUT2D eigenvalue weighted by atomic mass is 10.1. The molecule has 0 aliphatic rings. The molecule has 98 valence electrons. The van der Waals surface area contributed by atoms with Crippen molar-refractivity contribution in [3.63, 3.8) is 0 Å². The topological polar surface area (TPSA) is 67.2 Å². The summed E-state index contributed by atoms with van der Waals surface area (Å²) >= 11 is 0. The fourth-order valence-electron chi connectivity index (χ4n) is 1.20. The van der Waals surface area contributed by atoms with Crippen molar-refractivity contribution in [1.82, 2.24) is 10.6 Å². The second-order valence-corrected chi connectivity index (χ2v) is 4.86. The number of halogens is 1. The fourth-order valence-corrected chi connectivity index (χ4v) is 1.20. The molecule has 0 aliphatic carbocycles. The predicted molar refractivity (Wildman–Crippen MR) is 70.9 cm³/mol. The van der Waals surface area contributed by atoms with E-state index in [0.717, 1.165) is 19.4 Å². The maximum absolute atomic E-state index is 11.4. The van der Waals surface area contributed by atoms with Gasteiger partial charge in [0, 0.05) is 18.6 Å². The molecule has 0 bridgehead atoms. The molecule has 16 heavy (non-hydrogen) atoms. The van der Waals surface area contributed by atoms with Gasteiger partial charge >= 0.3 is 0 Å². The van der Waals surface area contributed by atoms with E-state index in [1.54, 1.807) is 0 Å². The lowest BCUT2D eigenvalue weighted by Gasteiger charge is -2.20. The van der Waals surface area contributed by atoms with Crippen molar-refractivity contribution in [2.24, 2.45) is 5.73 Å². The molecule has 0 aromatic carbocycles. The first-order chi connectivity index (χ1) is 6.87. The van der Waals surface area contributed by atoms with Crippen molar-refractivity contribution < 1.29 is 4.79 Å². The Morgan fingerprint density at radius 3 is 2.31 bits per heavy atom. The molecule has 0 aliphatic heterocycles. The summed E-state index contributed by atoms with van der Waals surface area (Å²) in [6, 6.07) is -0.357. The van der Waals surface area contributed by atoms with Crippen LogP contribution < -0.4 is 16.4 Å². The summed E-state index contributed by atoms with van der Waals surface area (Å²) in [5.74, 6) is -0.0486. The monoisotopic (exact) mass is 251 g/mol. The lowest BCUT2D eigenvalue weighted by Crippen LogP contribution is -2.45. The lowest BCUT2D eigenvalue weighted by molar-refractivity contribution is -0.122. The number of amides is 1. The zero-order valence-corrected chi connectivity index (χ0v) is 11.6. The number of carbonyl (C=O) groups excluding carboxylic acids is 1. The summed E-state index contributed by atoms with van der Waals surface area (Å²) in [6.07, 6.45) is 1.69. The second kappa shape index (κ2) is 8.79. The molecular formula is C11H26ClN3O. The number of carbonyl (C=O) groups is 1. The van der Waals surface area contributed by atoms with Crippen molar-refractivity contribution in [2.75, 3.05) is 13.1 Å². The predicted octanol–water partition coefficient (Wildman–Crippen LogP) is 1.04. The molecule has 1 atom stereocenters. The average molecular weight is 252 g/mol. The zero-order valence-electron chi connectivity index (χ0n) is 10.8. The molecule has 0 saturated carbocycles. The van der Waals surface area contributed by atoms with E-state index in [9.17, 15) is 4.79 Å². The van der Waals surface area contributed by atoms with Crippen LogP contribution in [0.5, 0.6) is 0 Å². The number of hydrogen-bond acceptors (Lipinski definition) is 3. The summed E-state index contributed by atoms with van der Waals surface area (Å²) in [7, 11) is 0. The minimum atomic E-state index is -0.357. The van der Waals surface area contributed by atoms with Gasteiger partial charge < -0.3 is 16.4 Å². The van der Waals surface area contributed by atoms with Crippen LogP contribution in [0.2, 0.25) is 0 Å². The van der Waals surface area contributed by atoms with Crippen LogP contribution in [-0.2, 0) is 4.79 Å². The first-order valence-electron chi connectivity index (χ1n) is 5.65. The van der Waals surface area contributed by atoms with E-state index in [-0.39, 0.29) is 29.9 Å². The standard InChI is InChI=1S/C11H25N3O.ClH/c1-5-6-9(12)10(15)13-7-8-14-11(2,3)4;/h9,14H,5-8,12H2,1-4H3,(H,13,15);1H. The Hall–Kier alpha value is -0.320. The third-order valence-electron chi connectivity index (χ3n) is 2.02. The largest absolute Gasteiger partial charge is 0.353 e. The molecule has 1 amide bonds. The van der Waals surface area contributed by atoms with Crippen LogP contribution in [0.4, 0.5) is 0 Å². The molecule has 4 N–H and O–H groups in total. The highest BCUT2D eigenvalue weighted by Crippen LogP contribution is 1.96. The van der Waals surface area contributed by atoms with Gasteiger partial charge in [-0.15, -0.1) is 12.4 Å². The quantitative estimate of drug-likeness (QED) is 0.618. The van der Waals surface area contributed by atoms with Crippen LogP contribution in [0.25, 0.3) is 0 Å². The maximum atomic E-state index is 11.4. The van der Waals surface area contributed by atoms with Gasteiger partial charge in [0.25, 0.3) is 0 Å². The second-order valence-electron chi connectivity index (χ2n) is 4.86. The molecule has 0 spiro atoms. The Morgan fingerprint density at radius 2 is 1.88 bits per heavy atom. The minimum Gasteiger partial charge on any atom is -0.353 e. The molecule has 0 radical (unpaired) electrons. The van der Waals surface area contributed by atoms with Gasteiger partial charge in [-0.1, -0.05) is 13.3 Å². The van der Waals surface area contributed by atoms with E-state index in [1.807, 2.05) is 6.92 Å². The van der Waals surface area contributed by atoms with Gasteiger partial charge in [0.15, 0.2) is 0 Å². The van der Waals surface area contributed by atoms with E-state index >= 15 is 0 Å². The molecule has 0 saturated heterocycles. The molecule has 0 fully saturated rings. The minimum absolute atomic E-state index is 0. The van der Waals surface area contributed by atoms with E-state index < -0.39 is 0 Å². The summed E-state index contributed by atoms with van der Waals surface area (Å²) in [5.41, 5.74) is 5.76. The van der Waals surface area contributed by atoms with Gasteiger partial charge in [-0.2, -0.15) is 0 Å². The Labute approximate surface area is 105 Å². The summed E-state index contributed by atoms with van der Waals surface area (Å²) in [5, 5.41) is 6.11. The average Bonchev–Trinajstić information content (AvgIpc) is 2.11. The first-order valence-corrected chi connectivity index (χ1v) is 5.65. The molecule has 5 heteroatoms. The third-order valence-corrected chi connectivity index (χ3v) is 2.02. The Bertz CT molecular complexity index is 192. The highest BCUT2D eigenvalue weighted by molar-refractivity contribution is 5.85. The van der Waals surface area contributed by atoms with E-state index in [1.165, 1.54) is 0 Å². The smallest absolute Gasteiger partial charge is 0.236 e. The number of rotatable bonds is 6. The Morgan fingerprint density at radius 1 is 1.31 bits per heavy atom. The fraction of sp³-hybridized carbons (Fsp3) is 0.909. The van der Waals surface area contributed by atoms with Gasteiger partial charge in [-0.25, -0.2) is 0 Å². The van der Waals surface area contributed by atoms with Gasteiger partial charge in [0.1, 0.15) is 0 Å². The van der Waals surface area contributed by atoms with Crippen LogP contribution >= 0.6 is 12.4 Å². The molecule has 0 heterocycles. The number of nitrogens with two attached hydrogens (primary N) is 1. The SMILES string of the molecule is CCCC(N)C(=O)NCCNC(C)(C)C.Cl. The molecule has 1 unspecified atom stereocenters. The van der Waals surface area contributed by atoms with Crippen molar-refractivity contribution in [3.05, 3.63) is 0 Å². The molecular weight excluding hydrogens is 226 g/mol. The molecule has 0 aromatic heterocycles. The van der Waals surface area contributed by atoms with Crippen molar-refractivity contribution in [2.45, 2.75) is 52.1 Å². The highest BCUT2D eigenvalue weighted by Gasteiger charge is 2.12. The highest BCUT2D eigenvalue weighted by atomic mass is 35.5. The van der Waals surface area contributed by atoms with Crippen molar-refractivity contribution in [3.8, 4) is 0 Å². The van der Waals surface area contributed by atoms with Crippen LogP contribution in [0.15, 0.2) is 0 Å². The van der Waals surface area contributed by atoms with Crippen molar-refractivity contribution in [1.29, 1.82) is 0 Å². The van der Waals surface area contributed by atoms with Gasteiger partial charge in [0.2, 0.25) is 5.91 Å². The molecule has 0 rings (SSSR count). The molecule has 0 aromatic rings. The maximum Gasteiger partial charge on any atom is 0.236 e. The number of nitrogens with one attached hydrogen (secondary N) is 2.